The van der Waals surface area contributed by atoms with Crippen LogP contribution in [-0.4, -0.2) is 74.4 Å². The van der Waals surface area contributed by atoms with Gasteiger partial charge in [-0.25, -0.2) is 9.59 Å². The maximum Gasteiger partial charge on any atom is 0.328 e. The second-order valence-electron chi connectivity index (χ2n) is 5.60. The molecule has 4 atom stereocenters. The molecule has 0 spiro atoms. The van der Waals surface area contributed by atoms with E-state index in [0.717, 1.165) is 0 Å². The van der Waals surface area contributed by atoms with Gasteiger partial charge in [-0.15, -0.1) is 0 Å². The number of carboxylic acid groups (broad SMARTS) is 3. The van der Waals surface area contributed by atoms with Crippen molar-refractivity contribution in [3.63, 3.8) is 0 Å². The molecule has 0 fully saturated rings. The van der Waals surface area contributed by atoms with E-state index in [9.17, 15) is 29.1 Å². The van der Waals surface area contributed by atoms with Crippen molar-refractivity contribution in [2.45, 2.75) is 56.8 Å². The molecule has 0 aromatic carbocycles. The Morgan fingerprint density at radius 1 is 0.846 bits per heavy atom. The molecule has 0 aromatic rings. The third-order valence-corrected chi connectivity index (χ3v) is 3.36. The van der Waals surface area contributed by atoms with Gasteiger partial charge in [-0.2, -0.15) is 0 Å². The van der Waals surface area contributed by atoms with Gasteiger partial charge >= 0.3 is 17.9 Å². The van der Waals surface area contributed by atoms with E-state index in [4.69, 9.17) is 21.1 Å². The van der Waals surface area contributed by atoms with Crippen molar-refractivity contribution in [1.82, 2.24) is 10.6 Å². The van der Waals surface area contributed by atoms with Crippen LogP contribution < -0.4 is 16.4 Å². The van der Waals surface area contributed by atoms with E-state index in [1.54, 1.807) is 0 Å². The second kappa shape index (κ2) is 11.0. The van der Waals surface area contributed by atoms with Gasteiger partial charge in [-0.1, -0.05) is 0 Å². The standard InChI is InChI=1S/C14H23N3O9/c1-6(18)11(14(25)26)17-10(20)5-3-8(13(23)24)16-9(19)4-2-7(15)12(21)22/h6-8,11,18H,2-5,15H2,1H3,(H,16,19)(H,17,20)(H,21,22)(H,23,24)(H,25,26)/t6-,7+,8+,11+/m1/s1. The first kappa shape index (κ1) is 23.3. The molecule has 0 aromatic heterocycles. The quantitative estimate of drug-likeness (QED) is 0.189. The Bertz CT molecular complexity index is 550. The van der Waals surface area contributed by atoms with Crippen LogP contribution in [0.1, 0.15) is 32.6 Å². The highest BCUT2D eigenvalue weighted by Gasteiger charge is 2.26. The van der Waals surface area contributed by atoms with E-state index in [-0.39, 0.29) is 19.3 Å². The van der Waals surface area contributed by atoms with Crippen LogP contribution in [0.3, 0.4) is 0 Å². The number of carbonyl (C=O) groups is 5. The third-order valence-electron chi connectivity index (χ3n) is 3.36. The van der Waals surface area contributed by atoms with Gasteiger partial charge in [0, 0.05) is 12.8 Å². The van der Waals surface area contributed by atoms with E-state index in [2.05, 4.69) is 5.32 Å². The van der Waals surface area contributed by atoms with Gasteiger partial charge < -0.3 is 36.8 Å². The molecule has 0 aliphatic carbocycles. The molecule has 0 rings (SSSR count). The predicted octanol–water partition coefficient (Wildman–Crippen LogP) is -2.52. The lowest BCUT2D eigenvalue weighted by Gasteiger charge is -2.18. The number of aliphatic hydroxyl groups is 1. The summed E-state index contributed by atoms with van der Waals surface area (Å²) in [4.78, 5) is 55.9. The lowest BCUT2D eigenvalue weighted by Crippen LogP contribution is -2.48. The smallest absolute Gasteiger partial charge is 0.328 e. The fourth-order valence-corrected chi connectivity index (χ4v) is 1.84. The van der Waals surface area contributed by atoms with Gasteiger partial charge in [0.2, 0.25) is 11.8 Å². The third kappa shape index (κ3) is 8.94. The van der Waals surface area contributed by atoms with Gasteiger partial charge in [-0.3, -0.25) is 14.4 Å². The number of rotatable bonds is 12. The first-order chi connectivity index (χ1) is 12.0. The van der Waals surface area contributed by atoms with Crippen LogP contribution in [0.5, 0.6) is 0 Å². The lowest BCUT2D eigenvalue weighted by atomic mass is 10.1. The molecule has 8 N–H and O–H groups in total. The first-order valence-electron chi connectivity index (χ1n) is 7.66. The van der Waals surface area contributed by atoms with E-state index in [1.807, 2.05) is 5.32 Å². The molecule has 0 saturated carbocycles. The predicted molar refractivity (Wildman–Crippen MR) is 84.9 cm³/mol. The highest BCUT2D eigenvalue weighted by Crippen LogP contribution is 2.03. The number of hydrogen-bond donors (Lipinski definition) is 7. The second-order valence-corrected chi connectivity index (χ2v) is 5.60. The van der Waals surface area contributed by atoms with Crippen LogP contribution in [0.4, 0.5) is 0 Å². The summed E-state index contributed by atoms with van der Waals surface area (Å²) in [5.41, 5.74) is 5.23. The molecule has 0 saturated heterocycles. The molecule has 0 bridgehead atoms. The van der Waals surface area contributed by atoms with E-state index < -0.39 is 60.4 Å². The summed E-state index contributed by atoms with van der Waals surface area (Å²) in [6.45, 7) is 1.17. The van der Waals surface area contributed by atoms with Gasteiger partial charge in [0.1, 0.15) is 12.1 Å². The Morgan fingerprint density at radius 2 is 1.35 bits per heavy atom. The molecular formula is C14H23N3O9. The Kier molecular flexibility index (Phi) is 9.84. The average molecular weight is 377 g/mol. The first-order valence-corrected chi connectivity index (χ1v) is 7.66. The number of carboxylic acids is 3. The van der Waals surface area contributed by atoms with E-state index in [0.29, 0.717) is 0 Å². The number of carbonyl (C=O) groups excluding carboxylic acids is 2. The topological polar surface area (TPSA) is 216 Å². The average Bonchev–Trinajstić information content (AvgIpc) is 2.52. The minimum absolute atomic E-state index is 0.192. The summed E-state index contributed by atoms with van der Waals surface area (Å²) in [6.07, 6.45) is -2.60. The Hall–Kier alpha value is -2.73. The summed E-state index contributed by atoms with van der Waals surface area (Å²) in [6, 6.07) is -4.23. The van der Waals surface area contributed by atoms with Gasteiger partial charge in [0.05, 0.1) is 6.10 Å². The van der Waals surface area contributed by atoms with Crippen molar-refractivity contribution in [3.05, 3.63) is 0 Å². The van der Waals surface area contributed by atoms with Crippen molar-refractivity contribution in [2.24, 2.45) is 5.73 Å². The summed E-state index contributed by atoms with van der Waals surface area (Å²) < 4.78 is 0. The van der Waals surface area contributed by atoms with Crippen LogP contribution in [-0.2, 0) is 24.0 Å². The van der Waals surface area contributed by atoms with Gasteiger partial charge in [0.15, 0.2) is 6.04 Å². The number of nitrogens with one attached hydrogen (secondary N) is 2. The maximum atomic E-state index is 11.7. The summed E-state index contributed by atoms with van der Waals surface area (Å²) in [5, 5.41) is 39.9. The number of amides is 2. The lowest BCUT2D eigenvalue weighted by molar-refractivity contribution is -0.145. The molecule has 26 heavy (non-hydrogen) atoms. The fourth-order valence-electron chi connectivity index (χ4n) is 1.84. The van der Waals surface area contributed by atoms with Gasteiger partial charge in [0.25, 0.3) is 0 Å². The normalized spacial score (nSPS) is 15.2. The molecule has 0 aliphatic rings. The van der Waals surface area contributed by atoms with Crippen LogP contribution in [0.2, 0.25) is 0 Å². The Labute approximate surface area is 148 Å². The van der Waals surface area contributed by atoms with Crippen LogP contribution in [0.25, 0.3) is 0 Å². The van der Waals surface area contributed by atoms with Crippen molar-refractivity contribution in [2.75, 3.05) is 0 Å². The molecule has 12 heteroatoms. The zero-order chi connectivity index (χ0) is 20.4. The van der Waals surface area contributed by atoms with Crippen molar-refractivity contribution in [1.29, 1.82) is 0 Å². The number of hydrogen-bond acceptors (Lipinski definition) is 7. The SMILES string of the molecule is C[C@@H](O)[C@H](NC(=O)CC[C@H](NC(=O)CC[C@H](N)C(=O)O)C(=O)O)C(=O)O. The van der Waals surface area contributed by atoms with Crippen molar-refractivity contribution in [3.8, 4) is 0 Å². The fraction of sp³-hybridized carbons (Fsp3) is 0.643. The molecule has 0 radical (unpaired) electrons. The van der Waals surface area contributed by atoms with Crippen molar-refractivity contribution >= 4 is 29.7 Å². The zero-order valence-corrected chi connectivity index (χ0v) is 14.0. The largest absolute Gasteiger partial charge is 0.480 e. The Balaban J connectivity index is 4.53. The van der Waals surface area contributed by atoms with Crippen LogP contribution >= 0.6 is 0 Å². The number of aliphatic carboxylic acids is 3. The highest BCUT2D eigenvalue weighted by molar-refractivity contribution is 5.86. The molecular weight excluding hydrogens is 354 g/mol. The van der Waals surface area contributed by atoms with Crippen molar-refractivity contribution < 1.29 is 44.4 Å². The minimum atomic E-state index is -1.54. The summed E-state index contributed by atoms with van der Waals surface area (Å²) in [5.74, 6) is -5.73. The number of aliphatic hydroxyl groups excluding tert-OH is 1. The zero-order valence-electron chi connectivity index (χ0n) is 14.0. The molecule has 12 nitrogen and oxygen atoms in total. The molecule has 148 valence electrons. The van der Waals surface area contributed by atoms with Crippen LogP contribution in [0.15, 0.2) is 0 Å². The molecule has 0 aliphatic heterocycles. The maximum absolute atomic E-state index is 11.7. The Morgan fingerprint density at radius 3 is 1.77 bits per heavy atom. The highest BCUT2D eigenvalue weighted by atomic mass is 16.4. The summed E-state index contributed by atoms with van der Waals surface area (Å²) >= 11 is 0. The van der Waals surface area contributed by atoms with Gasteiger partial charge in [-0.05, 0) is 19.8 Å². The monoisotopic (exact) mass is 377 g/mol. The molecule has 0 unspecified atom stereocenters. The van der Waals surface area contributed by atoms with E-state index >= 15 is 0 Å². The summed E-state index contributed by atoms with van der Waals surface area (Å²) in [7, 11) is 0. The molecule has 2 amide bonds. The van der Waals surface area contributed by atoms with Crippen LogP contribution in [0, 0.1) is 0 Å². The van der Waals surface area contributed by atoms with E-state index in [1.165, 1.54) is 6.92 Å². The minimum Gasteiger partial charge on any atom is -0.480 e. The molecule has 0 heterocycles. The number of nitrogens with two attached hydrogens (primary N) is 1.